The van der Waals surface area contributed by atoms with Crippen LogP contribution in [0.2, 0.25) is 0 Å². The minimum absolute atomic E-state index is 0.0455. The molecule has 1 N–H and O–H groups in total. The molecule has 164 valence electrons. The van der Waals surface area contributed by atoms with E-state index >= 15 is 0 Å². The van der Waals surface area contributed by atoms with Gasteiger partial charge in [0.2, 0.25) is 21.8 Å². The van der Waals surface area contributed by atoms with Crippen molar-refractivity contribution in [1.82, 2.24) is 4.31 Å². The van der Waals surface area contributed by atoms with Crippen LogP contribution in [-0.4, -0.2) is 58.3 Å². The Morgan fingerprint density at radius 1 is 1.06 bits per heavy atom. The van der Waals surface area contributed by atoms with Gasteiger partial charge in [0.05, 0.1) is 23.5 Å². The fourth-order valence-electron chi connectivity index (χ4n) is 3.19. The fraction of sp³-hybridized carbons (Fsp3) is 0.286. The number of amides is 2. The van der Waals surface area contributed by atoms with Crippen LogP contribution >= 0.6 is 0 Å². The molecule has 0 aliphatic carbocycles. The lowest BCUT2D eigenvalue weighted by molar-refractivity contribution is -0.122. The van der Waals surface area contributed by atoms with E-state index in [9.17, 15) is 22.8 Å². The molecule has 2 aromatic rings. The number of esters is 1. The zero-order valence-corrected chi connectivity index (χ0v) is 18.2. The molecule has 1 aliphatic rings. The molecule has 0 radical (unpaired) electrons. The predicted molar refractivity (Wildman–Crippen MR) is 114 cm³/mol. The predicted octanol–water partition coefficient (Wildman–Crippen LogP) is 1.72. The lowest BCUT2D eigenvalue weighted by atomic mass is 10.1. The van der Waals surface area contributed by atoms with Crippen LogP contribution in [0.1, 0.15) is 16.8 Å². The molecule has 0 bridgehead atoms. The van der Waals surface area contributed by atoms with E-state index in [1.165, 1.54) is 50.4 Å². The van der Waals surface area contributed by atoms with Crippen molar-refractivity contribution in [2.75, 3.05) is 38.0 Å². The zero-order valence-electron chi connectivity index (χ0n) is 17.4. The van der Waals surface area contributed by atoms with Crippen LogP contribution < -0.4 is 10.2 Å². The number of sulfonamides is 1. The number of benzene rings is 2. The van der Waals surface area contributed by atoms with Gasteiger partial charge in [0, 0.05) is 38.4 Å². The summed E-state index contributed by atoms with van der Waals surface area (Å²) in [6.45, 7) is 0.185. The first kappa shape index (κ1) is 22.4. The van der Waals surface area contributed by atoms with Crippen molar-refractivity contribution in [3.05, 3.63) is 54.1 Å². The van der Waals surface area contributed by atoms with Crippen LogP contribution in [0.25, 0.3) is 0 Å². The van der Waals surface area contributed by atoms with Gasteiger partial charge in [-0.05, 0) is 48.5 Å². The Hall–Kier alpha value is -3.24. The monoisotopic (exact) mass is 445 g/mol. The van der Waals surface area contributed by atoms with Crippen molar-refractivity contribution < 1.29 is 27.5 Å². The van der Waals surface area contributed by atoms with Crippen LogP contribution in [-0.2, 0) is 24.3 Å². The topological polar surface area (TPSA) is 113 Å². The number of hydrogen-bond acceptors (Lipinski definition) is 6. The summed E-state index contributed by atoms with van der Waals surface area (Å²) in [6, 6.07) is 12.2. The molecule has 31 heavy (non-hydrogen) atoms. The molecule has 2 aromatic carbocycles. The van der Waals surface area contributed by atoms with Crippen molar-refractivity contribution in [2.45, 2.75) is 11.3 Å². The standard InChI is InChI=1S/C21H23N3O6S/c1-23(2)31(28,29)18-10-8-17(9-11-18)24-13-15(12-19(24)25)20(26)22-16-6-4-14(5-7-16)21(27)30-3/h4-11,15H,12-13H2,1-3H3,(H,22,26)/t15-/m1/s1. The van der Waals surface area contributed by atoms with Gasteiger partial charge < -0.3 is 15.0 Å². The van der Waals surface area contributed by atoms with Gasteiger partial charge in [-0.15, -0.1) is 0 Å². The Balaban J connectivity index is 1.67. The van der Waals surface area contributed by atoms with Crippen LogP contribution in [0.5, 0.6) is 0 Å². The number of rotatable bonds is 6. The minimum atomic E-state index is -3.56. The van der Waals surface area contributed by atoms with Gasteiger partial charge in [-0.25, -0.2) is 17.5 Å². The number of nitrogens with zero attached hydrogens (tertiary/aromatic N) is 2. The summed E-state index contributed by atoms with van der Waals surface area (Å²) < 4.78 is 30.1. The Kier molecular flexibility index (Phi) is 6.42. The molecule has 0 aromatic heterocycles. The maximum absolute atomic E-state index is 12.6. The van der Waals surface area contributed by atoms with E-state index in [2.05, 4.69) is 10.1 Å². The van der Waals surface area contributed by atoms with Gasteiger partial charge in [-0.3, -0.25) is 9.59 Å². The van der Waals surface area contributed by atoms with Crippen LogP contribution in [0.3, 0.4) is 0 Å². The second kappa shape index (κ2) is 8.86. The van der Waals surface area contributed by atoms with Gasteiger partial charge >= 0.3 is 5.97 Å². The molecule has 1 heterocycles. The molecule has 1 saturated heterocycles. The average molecular weight is 445 g/mol. The lowest BCUT2D eigenvalue weighted by Crippen LogP contribution is -2.28. The quantitative estimate of drug-likeness (QED) is 0.678. The van der Waals surface area contributed by atoms with Gasteiger partial charge in [0.1, 0.15) is 0 Å². The largest absolute Gasteiger partial charge is 0.465 e. The van der Waals surface area contributed by atoms with E-state index in [0.717, 1.165) is 4.31 Å². The first-order valence-corrected chi connectivity index (χ1v) is 10.9. The highest BCUT2D eigenvalue weighted by molar-refractivity contribution is 7.89. The normalized spacial score (nSPS) is 16.5. The summed E-state index contributed by atoms with van der Waals surface area (Å²) in [5.41, 5.74) is 1.39. The van der Waals surface area contributed by atoms with Gasteiger partial charge in [-0.2, -0.15) is 0 Å². The van der Waals surface area contributed by atoms with Crippen molar-refractivity contribution in [2.24, 2.45) is 5.92 Å². The highest BCUT2D eigenvalue weighted by Gasteiger charge is 2.35. The molecule has 2 amide bonds. The van der Waals surface area contributed by atoms with Gasteiger partial charge in [0.25, 0.3) is 0 Å². The fourth-order valence-corrected chi connectivity index (χ4v) is 4.10. The highest BCUT2D eigenvalue weighted by atomic mass is 32.2. The molecule has 10 heteroatoms. The third-order valence-electron chi connectivity index (χ3n) is 5.00. The number of nitrogens with one attached hydrogen (secondary N) is 1. The second-order valence-corrected chi connectivity index (χ2v) is 9.40. The van der Waals surface area contributed by atoms with Crippen LogP contribution in [0.15, 0.2) is 53.4 Å². The van der Waals surface area contributed by atoms with E-state index in [-0.39, 0.29) is 29.7 Å². The molecule has 1 fully saturated rings. The molecule has 0 spiro atoms. The van der Waals surface area contributed by atoms with E-state index in [1.54, 1.807) is 24.3 Å². The Morgan fingerprint density at radius 3 is 2.23 bits per heavy atom. The maximum atomic E-state index is 12.6. The Morgan fingerprint density at radius 2 is 1.68 bits per heavy atom. The van der Waals surface area contributed by atoms with E-state index in [0.29, 0.717) is 16.9 Å². The summed E-state index contributed by atoms with van der Waals surface area (Å²) in [5, 5.41) is 2.75. The number of methoxy groups -OCH3 is 1. The first-order chi connectivity index (χ1) is 14.6. The van der Waals surface area contributed by atoms with Crippen LogP contribution in [0.4, 0.5) is 11.4 Å². The molecule has 1 atom stereocenters. The molecule has 0 unspecified atom stereocenters. The van der Waals surface area contributed by atoms with Crippen LogP contribution in [0, 0.1) is 5.92 Å². The summed E-state index contributed by atoms with van der Waals surface area (Å²) in [6.07, 6.45) is 0.0455. The van der Waals surface area contributed by atoms with Gasteiger partial charge in [-0.1, -0.05) is 0 Å². The zero-order chi connectivity index (χ0) is 22.8. The molecular weight excluding hydrogens is 422 g/mol. The molecule has 1 aliphatic heterocycles. The number of anilines is 2. The molecular formula is C21H23N3O6S. The van der Waals surface area contributed by atoms with E-state index in [1.807, 2.05) is 0 Å². The highest BCUT2D eigenvalue weighted by Crippen LogP contribution is 2.27. The third kappa shape index (κ3) is 4.75. The third-order valence-corrected chi connectivity index (χ3v) is 6.83. The number of carbonyl (C=O) groups is 3. The van der Waals surface area contributed by atoms with E-state index in [4.69, 9.17) is 0 Å². The first-order valence-electron chi connectivity index (χ1n) is 9.45. The molecule has 0 saturated carbocycles. The smallest absolute Gasteiger partial charge is 0.337 e. The Bertz CT molecular complexity index is 1090. The SMILES string of the molecule is COC(=O)c1ccc(NC(=O)[C@@H]2CC(=O)N(c3ccc(S(=O)(=O)N(C)C)cc3)C2)cc1. The molecule has 9 nitrogen and oxygen atoms in total. The number of carbonyl (C=O) groups excluding carboxylic acids is 3. The van der Waals surface area contributed by atoms with Crippen molar-refractivity contribution in [1.29, 1.82) is 0 Å². The minimum Gasteiger partial charge on any atom is -0.465 e. The summed E-state index contributed by atoms with van der Waals surface area (Å²) in [5.74, 6) is -1.56. The maximum Gasteiger partial charge on any atom is 0.337 e. The van der Waals surface area contributed by atoms with Crippen molar-refractivity contribution in [3.8, 4) is 0 Å². The van der Waals surface area contributed by atoms with Gasteiger partial charge in [0.15, 0.2) is 0 Å². The summed E-state index contributed by atoms with van der Waals surface area (Å²) in [4.78, 5) is 38.1. The number of ether oxygens (including phenoxy) is 1. The van der Waals surface area contributed by atoms with E-state index < -0.39 is 21.9 Å². The second-order valence-electron chi connectivity index (χ2n) is 7.24. The molecule has 3 rings (SSSR count). The summed E-state index contributed by atoms with van der Waals surface area (Å²) in [7, 11) is 0.612. The lowest BCUT2D eigenvalue weighted by Gasteiger charge is -2.18. The van der Waals surface area contributed by atoms with Crippen molar-refractivity contribution >= 4 is 39.2 Å². The summed E-state index contributed by atoms with van der Waals surface area (Å²) >= 11 is 0. The average Bonchev–Trinajstić information content (AvgIpc) is 3.15. The van der Waals surface area contributed by atoms with Crippen molar-refractivity contribution in [3.63, 3.8) is 0 Å². The number of hydrogen-bond donors (Lipinski definition) is 1. The Labute approximate surface area is 180 Å².